The van der Waals surface area contributed by atoms with E-state index in [9.17, 15) is 0 Å². The topological polar surface area (TPSA) is 38.7 Å². The van der Waals surface area contributed by atoms with Gasteiger partial charge in [-0.2, -0.15) is 0 Å². The Morgan fingerprint density at radius 1 is 0.460 bits per heavy atom. The van der Waals surface area contributed by atoms with Crippen LogP contribution >= 0.6 is 22.7 Å². The Balaban J connectivity index is 1.21. The summed E-state index contributed by atoms with van der Waals surface area (Å²) in [6.45, 7) is 0. The van der Waals surface area contributed by atoms with Gasteiger partial charge in [0.1, 0.15) is 0 Å². The summed E-state index contributed by atoms with van der Waals surface area (Å²) in [6.07, 6.45) is 6.79. The highest BCUT2D eigenvalue weighted by molar-refractivity contribution is 7.26. The first-order valence-corrected chi connectivity index (χ1v) is 18.5. The van der Waals surface area contributed by atoms with Gasteiger partial charge in [-0.05, 0) is 29.3 Å². The van der Waals surface area contributed by atoms with E-state index in [0.717, 1.165) is 16.7 Å². The van der Waals surface area contributed by atoms with Gasteiger partial charge in [-0.3, -0.25) is 0 Å². The van der Waals surface area contributed by atoms with E-state index in [1.165, 1.54) is 51.5 Å². The van der Waals surface area contributed by atoms with Gasteiger partial charge in [0.05, 0.1) is 0 Å². The van der Waals surface area contributed by atoms with Gasteiger partial charge in [0.15, 0.2) is 17.5 Å². The summed E-state index contributed by atoms with van der Waals surface area (Å²) in [6, 6.07) is 51.8. The molecule has 236 valence electrons. The molecule has 0 spiro atoms. The van der Waals surface area contributed by atoms with Crippen molar-refractivity contribution >= 4 is 68.6 Å². The first-order chi connectivity index (χ1) is 24.8. The molecule has 0 N–H and O–H groups in total. The number of fused-ring (bicyclic) bond motifs is 6. The Bertz CT molecular complexity index is 2720. The molecule has 0 aliphatic heterocycles. The van der Waals surface area contributed by atoms with Crippen molar-refractivity contribution in [3.8, 4) is 22.8 Å². The lowest BCUT2D eigenvalue weighted by Crippen LogP contribution is -2.17. The molecule has 3 nitrogen and oxygen atoms in total. The molecule has 50 heavy (non-hydrogen) atoms. The van der Waals surface area contributed by atoms with Gasteiger partial charge >= 0.3 is 0 Å². The normalized spacial score (nSPS) is 16.0. The molecule has 10 rings (SSSR count). The second kappa shape index (κ2) is 12.0. The molecule has 1 aliphatic carbocycles. The van der Waals surface area contributed by atoms with Crippen molar-refractivity contribution < 1.29 is 0 Å². The fourth-order valence-electron chi connectivity index (χ4n) is 7.47. The predicted octanol–water partition coefficient (Wildman–Crippen LogP) is 12.5. The maximum absolute atomic E-state index is 5.24. The molecule has 1 aliphatic rings. The van der Waals surface area contributed by atoms with E-state index < -0.39 is 0 Å². The van der Waals surface area contributed by atoms with Crippen molar-refractivity contribution in [2.45, 2.75) is 11.8 Å². The highest BCUT2D eigenvalue weighted by Crippen LogP contribution is 2.50. The highest BCUT2D eigenvalue weighted by Gasteiger charge is 2.33. The molecule has 2 unspecified atom stereocenters. The van der Waals surface area contributed by atoms with E-state index in [1.807, 2.05) is 59.1 Å². The first kappa shape index (κ1) is 29.2. The smallest absolute Gasteiger partial charge is 0.164 e. The lowest BCUT2D eigenvalue weighted by Gasteiger charge is -2.31. The molecule has 5 heteroatoms. The Hall–Kier alpha value is -5.75. The van der Waals surface area contributed by atoms with Crippen LogP contribution in [0.5, 0.6) is 0 Å². The van der Waals surface area contributed by atoms with E-state index in [-0.39, 0.29) is 11.8 Å². The molecule has 0 bridgehead atoms. The minimum absolute atomic E-state index is 0.0294. The molecular formula is C45H29N3S2. The third-order valence-electron chi connectivity index (χ3n) is 9.80. The quantitative estimate of drug-likeness (QED) is 0.182. The maximum Gasteiger partial charge on any atom is 0.164 e. The standard InChI is InChI=1S/C45H29N3S2/c1-3-13-28(14-4-1)43-46-44(29-15-5-2-6-16-29)48-45(47-43)37-22-11-19-31(30-25-26-34-32-17-7-9-23-38(32)49-40(34)27-30)41(37)36-21-12-20-35-33-18-8-10-24-39(33)50-42(35)36/h1-27,31,41H. The fraction of sp³-hybridized carbons (Fsp3) is 0.0444. The summed E-state index contributed by atoms with van der Waals surface area (Å²) in [7, 11) is 0. The van der Waals surface area contributed by atoms with Crippen LogP contribution in [0.2, 0.25) is 0 Å². The number of rotatable bonds is 5. The number of aromatic nitrogens is 3. The second-order valence-corrected chi connectivity index (χ2v) is 14.9. The molecule has 9 aromatic rings. The molecule has 0 radical (unpaired) electrons. The van der Waals surface area contributed by atoms with E-state index in [1.54, 1.807) is 0 Å². The minimum Gasteiger partial charge on any atom is -0.208 e. The monoisotopic (exact) mass is 675 g/mol. The van der Waals surface area contributed by atoms with Gasteiger partial charge < -0.3 is 0 Å². The summed E-state index contributed by atoms with van der Waals surface area (Å²) in [5, 5.41) is 5.22. The average molecular weight is 676 g/mol. The molecular weight excluding hydrogens is 647 g/mol. The Morgan fingerprint density at radius 2 is 1.04 bits per heavy atom. The number of hydrogen-bond donors (Lipinski definition) is 0. The van der Waals surface area contributed by atoms with Crippen LogP contribution in [-0.2, 0) is 0 Å². The average Bonchev–Trinajstić information content (AvgIpc) is 3.76. The van der Waals surface area contributed by atoms with Crippen LogP contribution in [0.25, 0.3) is 68.7 Å². The van der Waals surface area contributed by atoms with Crippen LogP contribution < -0.4 is 0 Å². The number of thiophene rings is 2. The SMILES string of the molecule is C1=CC(c2ccc3c(c2)sc2ccccc23)C(c2cccc3c2sc2ccccc23)C(c2nc(-c3ccccc3)nc(-c3ccccc3)n2)=C1. The number of nitrogens with zero attached hydrogens (tertiary/aromatic N) is 3. The zero-order chi connectivity index (χ0) is 33.0. The minimum atomic E-state index is -0.0294. The van der Waals surface area contributed by atoms with Crippen LogP contribution in [0.15, 0.2) is 164 Å². The van der Waals surface area contributed by atoms with Gasteiger partial charge in [0, 0.05) is 68.9 Å². The van der Waals surface area contributed by atoms with Crippen molar-refractivity contribution in [1.29, 1.82) is 0 Å². The van der Waals surface area contributed by atoms with Crippen molar-refractivity contribution in [1.82, 2.24) is 15.0 Å². The Labute approximate surface area is 297 Å². The Morgan fingerprint density at radius 3 is 1.76 bits per heavy atom. The summed E-state index contributed by atoms with van der Waals surface area (Å²) < 4.78 is 5.24. The first-order valence-electron chi connectivity index (χ1n) is 16.9. The molecule has 3 heterocycles. The van der Waals surface area contributed by atoms with Gasteiger partial charge in [0.2, 0.25) is 0 Å². The summed E-state index contributed by atoms with van der Waals surface area (Å²) >= 11 is 3.75. The van der Waals surface area contributed by atoms with Crippen LogP contribution in [0.3, 0.4) is 0 Å². The highest BCUT2D eigenvalue weighted by atomic mass is 32.1. The number of hydrogen-bond acceptors (Lipinski definition) is 5. The van der Waals surface area contributed by atoms with E-state index in [0.29, 0.717) is 17.5 Å². The Kier molecular flexibility index (Phi) is 7.00. The lowest BCUT2D eigenvalue weighted by atomic mass is 9.73. The van der Waals surface area contributed by atoms with Crippen LogP contribution in [0, 0.1) is 0 Å². The third kappa shape index (κ3) is 4.89. The summed E-state index contributed by atoms with van der Waals surface area (Å²) in [5.41, 5.74) is 5.61. The molecule has 0 saturated carbocycles. The molecule has 6 aromatic carbocycles. The fourth-order valence-corrected chi connectivity index (χ4v) is 9.88. The largest absolute Gasteiger partial charge is 0.208 e. The van der Waals surface area contributed by atoms with E-state index in [2.05, 4.69) is 127 Å². The van der Waals surface area contributed by atoms with Gasteiger partial charge in [-0.25, -0.2) is 15.0 Å². The molecule has 0 saturated heterocycles. The predicted molar refractivity (Wildman–Crippen MR) is 212 cm³/mol. The third-order valence-corrected chi connectivity index (χ3v) is 12.2. The van der Waals surface area contributed by atoms with Crippen molar-refractivity contribution in [3.05, 3.63) is 181 Å². The summed E-state index contributed by atoms with van der Waals surface area (Å²) in [5.74, 6) is 2.09. The number of benzene rings is 6. The zero-order valence-electron chi connectivity index (χ0n) is 26.9. The maximum atomic E-state index is 5.24. The van der Waals surface area contributed by atoms with Gasteiger partial charge in [-0.15, -0.1) is 22.7 Å². The molecule has 2 atom stereocenters. The summed E-state index contributed by atoms with van der Waals surface area (Å²) in [4.78, 5) is 15.5. The van der Waals surface area contributed by atoms with Gasteiger partial charge in [0.25, 0.3) is 0 Å². The van der Waals surface area contributed by atoms with Crippen LogP contribution in [-0.4, -0.2) is 15.0 Å². The molecule has 3 aromatic heterocycles. The lowest BCUT2D eigenvalue weighted by molar-refractivity contribution is 0.745. The number of allylic oxidation sites excluding steroid dienone is 4. The van der Waals surface area contributed by atoms with Crippen LogP contribution in [0.4, 0.5) is 0 Å². The molecule has 0 fully saturated rings. The van der Waals surface area contributed by atoms with Crippen molar-refractivity contribution in [2.75, 3.05) is 0 Å². The zero-order valence-corrected chi connectivity index (χ0v) is 28.5. The molecule has 0 amide bonds. The van der Waals surface area contributed by atoms with Crippen LogP contribution in [0.1, 0.15) is 28.8 Å². The van der Waals surface area contributed by atoms with E-state index >= 15 is 0 Å². The van der Waals surface area contributed by atoms with E-state index in [4.69, 9.17) is 15.0 Å². The van der Waals surface area contributed by atoms with Gasteiger partial charge in [-0.1, -0.05) is 146 Å². The van der Waals surface area contributed by atoms with Crippen molar-refractivity contribution in [3.63, 3.8) is 0 Å². The van der Waals surface area contributed by atoms with Crippen molar-refractivity contribution in [2.24, 2.45) is 0 Å². The second-order valence-electron chi connectivity index (χ2n) is 12.7.